The highest BCUT2D eigenvalue weighted by molar-refractivity contribution is 5.67. The van der Waals surface area contributed by atoms with Crippen LogP contribution in [0.5, 0.6) is 5.75 Å². The molecule has 0 spiro atoms. The number of hydrogen-bond acceptors (Lipinski definition) is 2. The summed E-state index contributed by atoms with van der Waals surface area (Å²) in [6, 6.07) is 1.55. The molecule has 0 bridgehead atoms. The Balaban J connectivity index is 1.78. The van der Waals surface area contributed by atoms with Gasteiger partial charge >= 0.3 is 0 Å². The summed E-state index contributed by atoms with van der Waals surface area (Å²) < 4.78 is 45.6. The maximum absolute atomic E-state index is 13.9. The standard InChI is InChI=1S/C16H18F3NO/c17-14-12-5-8-21-15(12)11(9-13(14)20)2-1-10-3-6-16(18,19)7-4-10/h1-2,9-10H,3-8,20H2. The molecule has 2 aliphatic rings. The van der Waals surface area contributed by atoms with Crippen LogP contribution in [0.2, 0.25) is 0 Å². The van der Waals surface area contributed by atoms with Crippen LogP contribution in [0.1, 0.15) is 36.8 Å². The van der Waals surface area contributed by atoms with E-state index < -0.39 is 11.7 Å². The van der Waals surface area contributed by atoms with Crippen LogP contribution in [-0.2, 0) is 6.42 Å². The van der Waals surface area contributed by atoms with Crippen molar-refractivity contribution in [2.75, 3.05) is 12.3 Å². The van der Waals surface area contributed by atoms with Crippen molar-refractivity contribution in [3.05, 3.63) is 29.1 Å². The highest BCUT2D eigenvalue weighted by Crippen LogP contribution is 2.39. The third-order valence-electron chi connectivity index (χ3n) is 4.27. The molecule has 0 unspecified atom stereocenters. The first-order chi connectivity index (χ1) is 9.96. The van der Waals surface area contributed by atoms with Gasteiger partial charge in [0.2, 0.25) is 5.92 Å². The van der Waals surface area contributed by atoms with Crippen LogP contribution in [0, 0.1) is 11.7 Å². The Hall–Kier alpha value is -1.65. The van der Waals surface area contributed by atoms with E-state index in [-0.39, 0.29) is 24.4 Å². The topological polar surface area (TPSA) is 35.2 Å². The van der Waals surface area contributed by atoms with Gasteiger partial charge in [0.05, 0.1) is 12.3 Å². The Morgan fingerprint density at radius 3 is 2.71 bits per heavy atom. The summed E-state index contributed by atoms with van der Waals surface area (Å²) in [5, 5.41) is 0. The van der Waals surface area contributed by atoms with Crippen molar-refractivity contribution in [3.63, 3.8) is 0 Å². The maximum Gasteiger partial charge on any atom is 0.248 e. The molecule has 1 aromatic carbocycles. The highest BCUT2D eigenvalue weighted by Gasteiger charge is 2.34. The number of allylic oxidation sites excluding steroid dienone is 1. The summed E-state index contributed by atoms with van der Waals surface area (Å²) in [5.74, 6) is -2.25. The SMILES string of the molecule is Nc1cc(C=CC2CCC(F)(F)CC2)c2c(c1F)CCO2. The molecule has 2 nitrogen and oxygen atoms in total. The van der Waals surface area contributed by atoms with Gasteiger partial charge in [-0.25, -0.2) is 13.2 Å². The lowest BCUT2D eigenvalue weighted by molar-refractivity contribution is -0.0410. The maximum atomic E-state index is 13.9. The molecule has 1 saturated carbocycles. The molecule has 5 heteroatoms. The largest absolute Gasteiger partial charge is 0.492 e. The van der Waals surface area contributed by atoms with E-state index in [2.05, 4.69) is 0 Å². The van der Waals surface area contributed by atoms with Gasteiger partial charge in [0.25, 0.3) is 0 Å². The lowest BCUT2D eigenvalue weighted by atomic mass is 9.86. The fourth-order valence-corrected chi connectivity index (χ4v) is 3.01. The number of ether oxygens (including phenoxy) is 1. The monoisotopic (exact) mass is 297 g/mol. The summed E-state index contributed by atoms with van der Waals surface area (Å²) in [5.41, 5.74) is 7.03. The zero-order chi connectivity index (χ0) is 15.0. The second-order valence-electron chi connectivity index (χ2n) is 5.83. The van der Waals surface area contributed by atoms with Crippen molar-refractivity contribution in [3.8, 4) is 5.75 Å². The molecule has 114 valence electrons. The molecule has 0 radical (unpaired) electrons. The van der Waals surface area contributed by atoms with E-state index in [0.29, 0.717) is 37.2 Å². The van der Waals surface area contributed by atoms with Crippen molar-refractivity contribution in [2.45, 2.75) is 38.0 Å². The quantitative estimate of drug-likeness (QED) is 0.831. The lowest BCUT2D eigenvalue weighted by Crippen LogP contribution is -2.23. The first kappa shape index (κ1) is 14.3. The molecule has 0 aromatic heterocycles. The second-order valence-corrected chi connectivity index (χ2v) is 5.83. The van der Waals surface area contributed by atoms with Crippen LogP contribution in [0.3, 0.4) is 0 Å². The van der Waals surface area contributed by atoms with Gasteiger partial charge in [-0.05, 0) is 24.8 Å². The minimum atomic E-state index is -2.52. The van der Waals surface area contributed by atoms with Crippen molar-refractivity contribution in [1.29, 1.82) is 0 Å². The third-order valence-corrected chi connectivity index (χ3v) is 4.27. The Bertz CT molecular complexity index is 573. The number of fused-ring (bicyclic) bond motifs is 1. The molecule has 2 N–H and O–H groups in total. The van der Waals surface area contributed by atoms with Crippen LogP contribution in [0.4, 0.5) is 18.9 Å². The van der Waals surface area contributed by atoms with E-state index in [1.165, 1.54) is 0 Å². The average molecular weight is 297 g/mol. The van der Waals surface area contributed by atoms with Crippen molar-refractivity contribution < 1.29 is 17.9 Å². The van der Waals surface area contributed by atoms with Gasteiger partial charge in [0.15, 0.2) is 5.82 Å². The van der Waals surface area contributed by atoms with Crippen LogP contribution in [-0.4, -0.2) is 12.5 Å². The number of rotatable bonds is 2. The zero-order valence-electron chi connectivity index (χ0n) is 11.7. The Kier molecular flexibility index (Phi) is 3.59. The smallest absolute Gasteiger partial charge is 0.248 e. The van der Waals surface area contributed by atoms with Gasteiger partial charge in [0, 0.05) is 30.4 Å². The number of hydrogen-bond donors (Lipinski definition) is 1. The number of benzene rings is 1. The molecule has 0 atom stereocenters. The van der Waals surface area contributed by atoms with Gasteiger partial charge in [-0.15, -0.1) is 0 Å². The molecule has 1 aliphatic carbocycles. The zero-order valence-corrected chi connectivity index (χ0v) is 11.7. The van der Waals surface area contributed by atoms with E-state index in [4.69, 9.17) is 10.5 Å². The summed E-state index contributed by atoms with van der Waals surface area (Å²) in [6.07, 6.45) is 5.08. The van der Waals surface area contributed by atoms with Gasteiger partial charge in [-0.2, -0.15) is 0 Å². The Morgan fingerprint density at radius 1 is 1.29 bits per heavy atom. The second kappa shape index (κ2) is 5.28. The predicted octanol–water partition coefficient (Wildman–Crippen LogP) is 4.18. The van der Waals surface area contributed by atoms with E-state index >= 15 is 0 Å². The Morgan fingerprint density at radius 2 is 2.00 bits per heavy atom. The molecule has 0 amide bonds. The highest BCUT2D eigenvalue weighted by atomic mass is 19.3. The minimum absolute atomic E-state index is 0.0673. The summed E-state index contributed by atoms with van der Waals surface area (Å²) in [7, 11) is 0. The predicted molar refractivity (Wildman–Crippen MR) is 76.0 cm³/mol. The van der Waals surface area contributed by atoms with Gasteiger partial charge in [-0.1, -0.05) is 12.2 Å². The first-order valence-electron chi connectivity index (χ1n) is 7.26. The average Bonchev–Trinajstić information content (AvgIpc) is 2.92. The molecule has 1 aliphatic heterocycles. The van der Waals surface area contributed by atoms with Gasteiger partial charge in [-0.3, -0.25) is 0 Å². The number of halogens is 3. The van der Waals surface area contributed by atoms with Gasteiger partial charge in [0.1, 0.15) is 5.75 Å². The van der Waals surface area contributed by atoms with E-state index in [1.54, 1.807) is 6.07 Å². The molecular weight excluding hydrogens is 279 g/mol. The molecule has 0 saturated heterocycles. The number of nitrogen functional groups attached to an aromatic ring is 1. The minimum Gasteiger partial charge on any atom is -0.492 e. The van der Waals surface area contributed by atoms with E-state index in [0.717, 1.165) is 5.56 Å². The molecule has 1 fully saturated rings. The summed E-state index contributed by atoms with van der Waals surface area (Å²) in [6.45, 7) is 0.451. The fraction of sp³-hybridized carbons (Fsp3) is 0.500. The number of alkyl halides is 2. The summed E-state index contributed by atoms with van der Waals surface area (Å²) >= 11 is 0. The molecule has 21 heavy (non-hydrogen) atoms. The molecular formula is C16H18F3NO. The number of anilines is 1. The van der Waals surface area contributed by atoms with E-state index in [1.807, 2.05) is 12.2 Å². The first-order valence-corrected chi connectivity index (χ1v) is 7.26. The normalized spacial score (nSPS) is 21.5. The van der Waals surface area contributed by atoms with Crippen molar-refractivity contribution >= 4 is 11.8 Å². The Labute approximate surface area is 121 Å². The molecule has 3 rings (SSSR count). The van der Waals surface area contributed by atoms with Crippen molar-refractivity contribution in [2.24, 2.45) is 5.92 Å². The van der Waals surface area contributed by atoms with Gasteiger partial charge < -0.3 is 10.5 Å². The summed E-state index contributed by atoms with van der Waals surface area (Å²) in [4.78, 5) is 0. The molecule has 1 aromatic rings. The van der Waals surface area contributed by atoms with Crippen LogP contribution >= 0.6 is 0 Å². The van der Waals surface area contributed by atoms with Crippen LogP contribution in [0.15, 0.2) is 12.1 Å². The van der Waals surface area contributed by atoms with Crippen LogP contribution < -0.4 is 10.5 Å². The van der Waals surface area contributed by atoms with Crippen molar-refractivity contribution in [1.82, 2.24) is 0 Å². The fourth-order valence-electron chi connectivity index (χ4n) is 3.01. The third kappa shape index (κ3) is 2.87. The van der Waals surface area contributed by atoms with E-state index in [9.17, 15) is 13.2 Å². The number of nitrogens with two attached hydrogens (primary N) is 1. The van der Waals surface area contributed by atoms with Crippen LogP contribution in [0.25, 0.3) is 6.08 Å². The lowest BCUT2D eigenvalue weighted by Gasteiger charge is -2.26. The molecule has 1 heterocycles.